The molecule has 0 saturated heterocycles. The van der Waals surface area contributed by atoms with E-state index >= 15 is 0 Å². The molecule has 0 bridgehead atoms. The molecule has 2 aromatic rings. The van der Waals surface area contributed by atoms with Crippen LogP contribution in [0.3, 0.4) is 0 Å². The monoisotopic (exact) mass is 484 g/mol. The summed E-state index contributed by atoms with van der Waals surface area (Å²) in [6.45, 7) is 1.95. The largest absolute Gasteiger partial charge is 0.514 e. The third-order valence-electron chi connectivity index (χ3n) is 3.67. The van der Waals surface area contributed by atoms with Crippen molar-refractivity contribution in [2.45, 2.75) is 30.8 Å². The molecule has 125 valence electrons. The molecule has 1 atom stereocenters. The SMILES string of the molecule is Cc1[c-]c2c(cc1)CCC(COS(=O)(=O)c1ccc(Br)cc1)O2.[Y]. The van der Waals surface area contributed by atoms with Gasteiger partial charge in [0.2, 0.25) is 0 Å². The minimum atomic E-state index is -3.77. The van der Waals surface area contributed by atoms with E-state index in [2.05, 4.69) is 22.0 Å². The van der Waals surface area contributed by atoms with Crippen molar-refractivity contribution in [1.82, 2.24) is 0 Å². The Bertz CT molecular complexity index is 806. The fraction of sp³-hybridized carbons (Fsp3) is 0.294. The molecule has 3 rings (SSSR count). The quantitative estimate of drug-likeness (QED) is 0.491. The molecule has 4 nitrogen and oxygen atoms in total. The normalized spacial score (nSPS) is 16.7. The number of benzene rings is 2. The first-order valence-electron chi connectivity index (χ1n) is 7.27. The molecule has 1 heterocycles. The van der Waals surface area contributed by atoms with E-state index in [1.807, 2.05) is 19.1 Å². The van der Waals surface area contributed by atoms with E-state index < -0.39 is 10.1 Å². The summed E-state index contributed by atoms with van der Waals surface area (Å²) >= 11 is 3.28. The average molecular weight is 485 g/mol. The number of halogens is 1. The van der Waals surface area contributed by atoms with Gasteiger partial charge in [0.05, 0.1) is 4.90 Å². The zero-order chi connectivity index (χ0) is 16.4. The van der Waals surface area contributed by atoms with Crippen LogP contribution in [0.1, 0.15) is 17.5 Å². The Balaban J connectivity index is 0.00000208. The van der Waals surface area contributed by atoms with E-state index in [9.17, 15) is 8.42 Å². The van der Waals surface area contributed by atoms with E-state index in [-0.39, 0.29) is 50.3 Å². The van der Waals surface area contributed by atoms with Gasteiger partial charge >= 0.3 is 0 Å². The first kappa shape index (κ1) is 20.1. The molecule has 2 aromatic carbocycles. The zero-order valence-corrected chi connectivity index (χ0v) is 18.4. The molecule has 0 amide bonds. The summed E-state index contributed by atoms with van der Waals surface area (Å²) in [5.41, 5.74) is 2.09. The number of hydrogen-bond acceptors (Lipinski definition) is 4. The van der Waals surface area contributed by atoms with Crippen LogP contribution in [0.25, 0.3) is 0 Å². The Hall–Kier alpha value is -0.266. The Morgan fingerprint density at radius 2 is 1.96 bits per heavy atom. The second-order valence-corrected chi connectivity index (χ2v) is 8.00. The van der Waals surface area contributed by atoms with E-state index in [4.69, 9.17) is 8.92 Å². The molecule has 1 radical (unpaired) electrons. The molecule has 0 spiro atoms. The molecule has 1 unspecified atom stereocenters. The summed E-state index contributed by atoms with van der Waals surface area (Å²) < 4.78 is 36.2. The van der Waals surface area contributed by atoms with Gasteiger partial charge in [-0.3, -0.25) is 4.18 Å². The Labute approximate surface area is 176 Å². The van der Waals surface area contributed by atoms with Gasteiger partial charge in [-0.1, -0.05) is 29.3 Å². The van der Waals surface area contributed by atoms with Crippen LogP contribution in [0.2, 0.25) is 0 Å². The number of ether oxygens (including phenoxy) is 1. The summed E-state index contributed by atoms with van der Waals surface area (Å²) in [4.78, 5) is 0.138. The van der Waals surface area contributed by atoms with Gasteiger partial charge in [0.25, 0.3) is 10.1 Å². The number of rotatable bonds is 4. The van der Waals surface area contributed by atoms with Gasteiger partial charge in [0, 0.05) is 42.9 Å². The van der Waals surface area contributed by atoms with Gasteiger partial charge in [-0.05, 0) is 30.7 Å². The molecule has 24 heavy (non-hydrogen) atoms. The van der Waals surface area contributed by atoms with Crippen LogP contribution in [0, 0.1) is 13.0 Å². The number of aryl methyl sites for hydroxylation is 2. The van der Waals surface area contributed by atoms with Gasteiger partial charge in [-0.25, -0.2) is 0 Å². The van der Waals surface area contributed by atoms with Crippen LogP contribution in [0.4, 0.5) is 0 Å². The van der Waals surface area contributed by atoms with Gasteiger partial charge < -0.3 is 4.74 Å². The maximum absolute atomic E-state index is 12.2. The Kier molecular flexibility index (Phi) is 7.03. The molecule has 7 heteroatoms. The van der Waals surface area contributed by atoms with E-state index in [0.717, 1.165) is 28.4 Å². The van der Waals surface area contributed by atoms with Crippen molar-refractivity contribution in [2.24, 2.45) is 0 Å². The average Bonchev–Trinajstić information content (AvgIpc) is 2.53. The predicted molar refractivity (Wildman–Crippen MR) is 90.0 cm³/mol. The van der Waals surface area contributed by atoms with E-state index in [1.165, 1.54) is 12.1 Å². The number of fused-ring (bicyclic) bond motifs is 1. The fourth-order valence-corrected chi connectivity index (χ4v) is 3.60. The van der Waals surface area contributed by atoms with Gasteiger partial charge in [-0.2, -0.15) is 26.1 Å². The van der Waals surface area contributed by atoms with Crippen molar-refractivity contribution in [3.05, 3.63) is 58.1 Å². The van der Waals surface area contributed by atoms with Gasteiger partial charge in [-0.15, -0.1) is 11.6 Å². The molecule has 0 saturated carbocycles. The molecule has 1 aliphatic heterocycles. The maximum Gasteiger partial charge on any atom is 0.297 e. The van der Waals surface area contributed by atoms with Gasteiger partial charge in [0.15, 0.2) is 0 Å². The molecule has 0 aromatic heterocycles. The molecule has 1 aliphatic rings. The van der Waals surface area contributed by atoms with Crippen molar-refractivity contribution >= 4 is 26.0 Å². The van der Waals surface area contributed by atoms with Crippen LogP contribution in [-0.4, -0.2) is 21.1 Å². The Morgan fingerprint density at radius 3 is 2.67 bits per heavy atom. The van der Waals surface area contributed by atoms with Crippen molar-refractivity contribution in [3.8, 4) is 5.75 Å². The van der Waals surface area contributed by atoms with Crippen molar-refractivity contribution in [2.75, 3.05) is 6.61 Å². The van der Waals surface area contributed by atoms with Crippen LogP contribution in [0.15, 0.2) is 45.8 Å². The summed E-state index contributed by atoms with van der Waals surface area (Å²) in [5.74, 6) is 0.700. The summed E-state index contributed by atoms with van der Waals surface area (Å²) in [6.07, 6.45) is 1.27. The molecule has 0 fully saturated rings. The Morgan fingerprint density at radius 1 is 1.25 bits per heavy atom. The second-order valence-electron chi connectivity index (χ2n) is 5.47. The zero-order valence-electron chi connectivity index (χ0n) is 13.2. The standard InChI is InChI=1S/C17H16BrO4S.Y/c1-12-2-3-13-4-7-15(22-17(13)10-12)11-21-23(19,20)16-8-5-14(18)6-9-16;/h2-3,5-6,8-9,15H,4,7,11H2,1H3;/q-1;. The van der Waals surface area contributed by atoms with Crippen molar-refractivity contribution in [3.63, 3.8) is 0 Å². The predicted octanol–water partition coefficient (Wildman–Crippen LogP) is 3.65. The summed E-state index contributed by atoms with van der Waals surface area (Å²) in [7, 11) is -3.77. The first-order chi connectivity index (χ1) is 10.9. The fourth-order valence-electron chi connectivity index (χ4n) is 2.40. The topological polar surface area (TPSA) is 52.6 Å². The molecular formula is C17H16BrO4SY-. The first-order valence-corrected chi connectivity index (χ1v) is 9.47. The van der Waals surface area contributed by atoms with Crippen LogP contribution in [-0.2, 0) is 53.4 Å². The second kappa shape index (κ2) is 8.41. The minimum absolute atomic E-state index is 0. The smallest absolute Gasteiger partial charge is 0.297 e. The van der Waals surface area contributed by atoms with E-state index in [1.54, 1.807) is 12.1 Å². The third-order valence-corrected chi connectivity index (χ3v) is 5.49. The maximum atomic E-state index is 12.2. The molecule has 0 aliphatic carbocycles. The van der Waals surface area contributed by atoms with E-state index in [0.29, 0.717) is 5.75 Å². The van der Waals surface area contributed by atoms with Gasteiger partial charge in [0.1, 0.15) is 12.7 Å². The minimum Gasteiger partial charge on any atom is -0.514 e. The van der Waals surface area contributed by atoms with Crippen LogP contribution >= 0.6 is 15.9 Å². The third kappa shape index (κ3) is 4.88. The molecule has 0 N–H and O–H groups in total. The van der Waals surface area contributed by atoms with Crippen molar-refractivity contribution < 1.29 is 50.0 Å². The van der Waals surface area contributed by atoms with Crippen molar-refractivity contribution in [1.29, 1.82) is 0 Å². The van der Waals surface area contributed by atoms with Crippen LogP contribution in [0.5, 0.6) is 5.75 Å². The number of hydrogen-bond donors (Lipinski definition) is 0. The summed E-state index contributed by atoms with van der Waals surface area (Å²) in [6, 6.07) is 13.5. The van der Waals surface area contributed by atoms with Crippen LogP contribution < -0.4 is 4.74 Å². The molecular weight excluding hydrogens is 469 g/mol. The summed E-state index contributed by atoms with van der Waals surface area (Å²) in [5, 5.41) is 0.